The minimum Gasteiger partial charge on any atom is -0.508 e. The first-order valence-electron chi connectivity index (χ1n) is 8.07. The molecule has 118 valence electrons. The Labute approximate surface area is 131 Å². The van der Waals surface area contributed by atoms with Gasteiger partial charge in [-0.05, 0) is 57.2 Å². The Balaban J connectivity index is 1.56. The highest BCUT2D eigenvalue weighted by Crippen LogP contribution is 2.24. The van der Waals surface area contributed by atoms with Gasteiger partial charge in [0.15, 0.2) is 0 Å². The minimum absolute atomic E-state index is 0.310. The molecule has 0 saturated heterocycles. The van der Waals surface area contributed by atoms with Crippen LogP contribution >= 0.6 is 0 Å². The molecular weight excluding hydrogens is 276 g/mol. The molecule has 0 aliphatic carbocycles. The van der Waals surface area contributed by atoms with Gasteiger partial charge in [-0.1, -0.05) is 12.1 Å². The summed E-state index contributed by atoms with van der Waals surface area (Å²) in [6.45, 7) is 5.16. The van der Waals surface area contributed by atoms with Crippen molar-refractivity contribution >= 4 is 0 Å². The molecule has 0 spiro atoms. The maximum absolute atomic E-state index is 9.32. The average molecular weight is 300 g/mol. The van der Waals surface area contributed by atoms with E-state index >= 15 is 0 Å². The van der Waals surface area contributed by atoms with Gasteiger partial charge in [0, 0.05) is 12.6 Å². The van der Waals surface area contributed by atoms with Gasteiger partial charge in [-0.3, -0.25) is 0 Å². The first-order valence-corrected chi connectivity index (χ1v) is 8.07. The van der Waals surface area contributed by atoms with Gasteiger partial charge in [0.1, 0.15) is 17.4 Å². The van der Waals surface area contributed by atoms with Crippen molar-refractivity contribution < 1.29 is 5.11 Å². The van der Waals surface area contributed by atoms with Crippen molar-refractivity contribution in [1.29, 1.82) is 0 Å². The predicted octanol–water partition coefficient (Wildman–Crippen LogP) is 2.74. The Bertz CT molecular complexity index is 620. The lowest BCUT2D eigenvalue weighted by molar-refractivity contribution is 0.335. The third-order valence-corrected chi connectivity index (χ3v) is 4.27. The molecule has 1 aromatic heterocycles. The lowest BCUT2D eigenvalue weighted by Gasteiger charge is -2.26. The zero-order valence-electron chi connectivity index (χ0n) is 13.3. The molecule has 1 aliphatic rings. The molecule has 5 heteroatoms. The van der Waals surface area contributed by atoms with Crippen molar-refractivity contribution in [3.8, 4) is 5.75 Å². The van der Waals surface area contributed by atoms with Crippen molar-refractivity contribution in [3.63, 3.8) is 0 Å². The highest BCUT2D eigenvalue weighted by atomic mass is 16.3. The van der Waals surface area contributed by atoms with Gasteiger partial charge in [-0.15, -0.1) is 0 Å². The zero-order valence-corrected chi connectivity index (χ0v) is 13.3. The van der Waals surface area contributed by atoms with Crippen LogP contribution in [0.1, 0.15) is 49.4 Å². The molecule has 0 saturated carbocycles. The molecule has 0 fully saturated rings. The molecule has 3 rings (SSSR count). The molecule has 1 aromatic carbocycles. The van der Waals surface area contributed by atoms with E-state index in [2.05, 4.69) is 22.3 Å². The summed E-state index contributed by atoms with van der Waals surface area (Å²) < 4.78 is 2.04. The summed E-state index contributed by atoms with van der Waals surface area (Å²) in [4.78, 5) is 4.58. The number of hydrogen-bond donors (Lipinski definition) is 2. The largest absolute Gasteiger partial charge is 0.508 e. The van der Waals surface area contributed by atoms with Gasteiger partial charge in [-0.25, -0.2) is 9.67 Å². The number of nitrogens with zero attached hydrogens (tertiary/aromatic N) is 3. The van der Waals surface area contributed by atoms with E-state index in [9.17, 15) is 5.11 Å². The SMILES string of the molecule is Cc1nc2n(n1)CCC[C@H]2N[C@@H](C)CCc1ccc(O)cc1. The number of phenolic OH excluding ortho intramolecular Hbond substituents is 1. The summed E-state index contributed by atoms with van der Waals surface area (Å²) in [7, 11) is 0. The summed E-state index contributed by atoms with van der Waals surface area (Å²) in [6.07, 6.45) is 4.35. The molecule has 2 aromatic rings. The maximum atomic E-state index is 9.32. The van der Waals surface area contributed by atoms with Crippen LogP contribution in [0.25, 0.3) is 0 Å². The van der Waals surface area contributed by atoms with Crippen molar-refractivity contribution in [2.75, 3.05) is 0 Å². The topological polar surface area (TPSA) is 63.0 Å². The fourth-order valence-corrected chi connectivity index (χ4v) is 3.10. The van der Waals surface area contributed by atoms with Gasteiger partial charge in [0.05, 0.1) is 6.04 Å². The van der Waals surface area contributed by atoms with Gasteiger partial charge in [0.25, 0.3) is 0 Å². The number of aryl methyl sites for hydroxylation is 3. The third kappa shape index (κ3) is 3.47. The van der Waals surface area contributed by atoms with Crippen molar-refractivity contribution in [1.82, 2.24) is 20.1 Å². The smallest absolute Gasteiger partial charge is 0.147 e. The molecule has 2 heterocycles. The number of benzene rings is 1. The fraction of sp³-hybridized carbons (Fsp3) is 0.529. The van der Waals surface area contributed by atoms with Gasteiger partial charge in [0.2, 0.25) is 0 Å². The van der Waals surface area contributed by atoms with E-state index < -0.39 is 0 Å². The van der Waals surface area contributed by atoms with Crippen molar-refractivity contribution in [2.24, 2.45) is 0 Å². The van der Waals surface area contributed by atoms with Crippen LogP contribution in [0.2, 0.25) is 0 Å². The molecule has 22 heavy (non-hydrogen) atoms. The monoisotopic (exact) mass is 300 g/mol. The second-order valence-electron chi connectivity index (χ2n) is 6.21. The predicted molar refractivity (Wildman–Crippen MR) is 85.8 cm³/mol. The van der Waals surface area contributed by atoms with E-state index in [1.165, 1.54) is 5.56 Å². The summed E-state index contributed by atoms with van der Waals surface area (Å²) in [5.74, 6) is 2.27. The average Bonchev–Trinajstić information content (AvgIpc) is 2.88. The van der Waals surface area contributed by atoms with E-state index in [-0.39, 0.29) is 0 Å². The van der Waals surface area contributed by atoms with Crippen LogP contribution in [0.5, 0.6) is 5.75 Å². The number of aromatic hydroxyl groups is 1. The number of rotatable bonds is 5. The zero-order chi connectivity index (χ0) is 15.5. The van der Waals surface area contributed by atoms with Crippen LogP contribution in [0.15, 0.2) is 24.3 Å². The Morgan fingerprint density at radius 2 is 2.14 bits per heavy atom. The molecule has 0 radical (unpaired) electrons. The van der Waals surface area contributed by atoms with Crippen LogP contribution in [0.4, 0.5) is 0 Å². The number of nitrogens with one attached hydrogen (secondary N) is 1. The van der Waals surface area contributed by atoms with E-state index in [1.54, 1.807) is 12.1 Å². The number of phenols is 1. The molecular formula is C17H24N4O. The van der Waals surface area contributed by atoms with Gasteiger partial charge >= 0.3 is 0 Å². The molecule has 2 atom stereocenters. The van der Waals surface area contributed by atoms with Crippen LogP contribution in [0, 0.1) is 6.92 Å². The third-order valence-electron chi connectivity index (χ3n) is 4.27. The van der Waals surface area contributed by atoms with Crippen LogP contribution in [0.3, 0.4) is 0 Å². The second kappa shape index (κ2) is 6.48. The summed E-state index contributed by atoms with van der Waals surface area (Å²) in [5, 5.41) is 17.5. The molecule has 0 amide bonds. The first-order chi connectivity index (χ1) is 10.6. The molecule has 0 unspecified atom stereocenters. The second-order valence-corrected chi connectivity index (χ2v) is 6.21. The molecule has 2 N–H and O–H groups in total. The summed E-state index contributed by atoms with van der Waals surface area (Å²) in [6, 6.07) is 8.21. The van der Waals surface area contributed by atoms with E-state index in [4.69, 9.17) is 0 Å². The van der Waals surface area contributed by atoms with Crippen LogP contribution in [-0.4, -0.2) is 25.9 Å². The quantitative estimate of drug-likeness (QED) is 0.891. The lowest BCUT2D eigenvalue weighted by atomic mass is 10.0. The number of aromatic nitrogens is 3. The molecule has 0 bridgehead atoms. The fourth-order valence-electron chi connectivity index (χ4n) is 3.10. The minimum atomic E-state index is 0.310. The molecule has 1 aliphatic heterocycles. The van der Waals surface area contributed by atoms with Crippen molar-refractivity contribution in [3.05, 3.63) is 41.5 Å². The summed E-state index contributed by atoms with van der Waals surface area (Å²) >= 11 is 0. The first kappa shape index (κ1) is 15.0. The highest BCUT2D eigenvalue weighted by molar-refractivity contribution is 5.25. The lowest BCUT2D eigenvalue weighted by Crippen LogP contribution is -2.35. The highest BCUT2D eigenvalue weighted by Gasteiger charge is 2.24. The standard InChI is InChI=1S/C17H24N4O/c1-12(5-6-14-7-9-15(22)10-8-14)18-16-4-3-11-21-17(16)19-13(2)20-21/h7-10,12,16,18,22H,3-6,11H2,1-2H3/t12-,16+/m0/s1. The Hall–Kier alpha value is -1.88. The molecule has 5 nitrogen and oxygen atoms in total. The normalized spacial score (nSPS) is 18.9. The van der Waals surface area contributed by atoms with Crippen molar-refractivity contribution in [2.45, 2.75) is 58.2 Å². The van der Waals surface area contributed by atoms with Gasteiger partial charge < -0.3 is 10.4 Å². The van der Waals surface area contributed by atoms with Crippen LogP contribution < -0.4 is 5.32 Å². The Morgan fingerprint density at radius 1 is 1.36 bits per heavy atom. The van der Waals surface area contributed by atoms with Gasteiger partial charge in [-0.2, -0.15) is 5.10 Å². The van der Waals surface area contributed by atoms with Crippen LogP contribution in [-0.2, 0) is 13.0 Å². The van der Waals surface area contributed by atoms with E-state index in [0.29, 0.717) is 17.8 Å². The van der Waals surface area contributed by atoms with E-state index in [0.717, 1.165) is 43.9 Å². The number of hydrogen-bond acceptors (Lipinski definition) is 4. The Morgan fingerprint density at radius 3 is 2.91 bits per heavy atom. The summed E-state index contributed by atoms with van der Waals surface area (Å²) in [5.41, 5.74) is 1.26. The van der Waals surface area contributed by atoms with E-state index in [1.807, 2.05) is 23.7 Å². The number of fused-ring (bicyclic) bond motifs is 1. The Kier molecular flexibility index (Phi) is 4.43. The maximum Gasteiger partial charge on any atom is 0.147 e.